The van der Waals surface area contributed by atoms with E-state index in [0.29, 0.717) is 23.0 Å². The Hall–Kier alpha value is -1.98. The Bertz CT molecular complexity index is 952. The average molecular weight is 455 g/mol. The molecular formula is C20H25F3N6OS. The number of fused-ring (bicyclic) bond motifs is 1. The number of benzene rings is 1. The van der Waals surface area contributed by atoms with Crippen molar-refractivity contribution in [3.05, 3.63) is 23.8 Å². The number of rotatable bonds is 3. The second-order valence-corrected chi connectivity index (χ2v) is 9.38. The summed E-state index contributed by atoms with van der Waals surface area (Å²) in [5.41, 5.74) is 0.255. The summed E-state index contributed by atoms with van der Waals surface area (Å²) >= 11 is 1.80. The van der Waals surface area contributed by atoms with E-state index in [9.17, 15) is 18.0 Å². The number of carbonyl (C=O) groups excluding carboxylic acids is 1. The molecule has 2 N–H and O–H groups in total. The standard InChI is InChI=1S/C20H25F3N6OS/c21-20(22,23)13-1-2-15-16(9-13)26-19(25-15)28-5-3-27(4-6-28)14-10-17(24-11-14)18(30)29-7-8-31-12-29/h1-2,9,14,17,24H,3-8,10-12H2,(H,25,26). The number of anilines is 1. The fourth-order valence-corrected chi connectivity index (χ4v) is 5.57. The number of alkyl halides is 3. The first-order valence-corrected chi connectivity index (χ1v) is 11.7. The smallest absolute Gasteiger partial charge is 0.340 e. The molecule has 0 spiro atoms. The van der Waals surface area contributed by atoms with Gasteiger partial charge in [-0.2, -0.15) is 13.2 Å². The van der Waals surface area contributed by atoms with Crippen molar-refractivity contribution in [2.45, 2.75) is 24.7 Å². The molecule has 3 aliphatic rings. The Labute approximate surface area is 182 Å². The van der Waals surface area contributed by atoms with E-state index in [4.69, 9.17) is 0 Å². The third kappa shape index (κ3) is 4.22. The van der Waals surface area contributed by atoms with Crippen LogP contribution in [0.5, 0.6) is 0 Å². The largest absolute Gasteiger partial charge is 0.416 e. The SMILES string of the molecule is O=C(C1CC(N2CCN(c3nc4ccc(C(F)(F)F)cc4[nH]3)CC2)CN1)N1CCSC1. The quantitative estimate of drug-likeness (QED) is 0.739. The number of amides is 1. The van der Waals surface area contributed by atoms with Gasteiger partial charge in [-0.15, -0.1) is 11.8 Å². The molecule has 3 aliphatic heterocycles. The predicted octanol–water partition coefficient (Wildman–Crippen LogP) is 1.97. The lowest BCUT2D eigenvalue weighted by molar-refractivity contribution is -0.137. The van der Waals surface area contributed by atoms with Gasteiger partial charge in [0.2, 0.25) is 11.9 Å². The number of piperazine rings is 1. The summed E-state index contributed by atoms with van der Waals surface area (Å²) in [5, 5.41) is 3.39. The Morgan fingerprint density at radius 3 is 2.68 bits per heavy atom. The van der Waals surface area contributed by atoms with Crippen LogP contribution in [0.1, 0.15) is 12.0 Å². The summed E-state index contributed by atoms with van der Waals surface area (Å²) in [4.78, 5) is 26.6. The molecule has 0 aliphatic carbocycles. The van der Waals surface area contributed by atoms with E-state index in [1.54, 1.807) is 11.8 Å². The highest BCUT2D eigenvalue weighted by molar-refractivity contribution is 7.99. The fourth-order valence-electron chi connectivity index (χ4n) is 4.61. The fraction of sp³-hybridized carbons (Fsp3) is 0.600. The normalized spacial score (nSPS) is 25.6. The topological polar surface area (TPSA) is 67.5 Å². The first kappa shape index (κ1) is 20.9. The molecule has 0 bridgehead atoms. The van der Waals surface area contributed by atoms with Gasteiger partial charge < -0.3 is 20.1 Å². The maximum Gasteiger partial charge on any atom is 0.416 e. The van der Waals surface area contributed by atoms with Gasteiger partial charge in [0.05, 0.1) is 28.5 Å². The van der Waals surface area contributed by atoms with Gasteiger partial charge in [-0.05, 0) is 24.6 Å². The molecule has 2 unspecified atom stereocenters. The van der Waals surface area contributed by atoms with E-state index >= 15 is 0 Å². The van der Waals surface area contributed by atoms with E-state index in [1.807, 2.05) is 4.90 Å². The maximum absolute atomic E-state index is 13.0. The Morgan fingerprint density at radius 2 is 1.97 bits per heavy atom. The number of halogens is 3. The molecule has 0 saturated carbocycles. The van der Waals surface area contributed by atoms with Gasteiger partial charge in [0, 0.05) is 51.1 Å². The summed E-state index contributed by atoms with van der Waals surface area (Å²) in [6.45, 7) is 4.79. The molecule has 31 heavy (non-hydrogen) atoms. The Morgan fingerprint density at radius 1 is 1.16 bits per heavy atom. The van der Waals surface area contributed by atoms with Crippen molar-refractivity contribution in [2.24, 2.45) is 0 Å². The lowest BCUT2D eigenvalue weighted by Gasteiger charge is -2.37. The summed E-state index contributed by atoms with van der Waals surface area (Å²) in [6, 6.07) is 3.82. The molecule has 2 aromatic rings. The maximum atomic E-state index is 13.0. The first-order valence-electron chi connectivity index (χ1n) is 10.5. The second kappa shape index (κ2) is 8.18. The molecule has 168 valence electrons. The van der Waals surface area contributed by atoms with Crippen LogP contribution in [-0.4, -0.2) is 88.7 Å². The van der Waals surface area contributed by atoms with E-state index in [-0.39, 0.29) is 11.9 Å². The van der Waals surface area contributed by atoms with Crippen molar-refractivity contribution >= 4 is 34.7 Å². The highest BCUT2D eigenvalue weighted by Gasteiger charge is 2.37. The minimum absolute atomic E-state index is 0.0973. The van der Waals surface area contributed by atoms with E-state index in [1.165, 1.54) is 6.07 Å². The molecular weight excluding hydrogens is 429 g/mol. The van der Waals surface area contributed by atoms with E-state index < -0.39 is 11.7 Å². The molecule has 3 fully saturated rings. The summed E-state index contributed by atoms with van der Waals surface area (Å²) in [7, 11) is 0. The van der Waals surface area contributed by atoms with Crippen LogP contribution in [0.25, 0.3) is 11.0 Å². The third-order valence-corrected chi connectivity index (χ3v) is 7.36. The number of imidazole rings is 1. The number of thioether (sulfide) groups is 1. The molecule has 4 heterocycles. The van der Waals surface area contributed by atoms with Crippen LogP contribution < -0.4 is 10.2 Å². The number of aromatic amines is 1. The summed E-state index contributed by atoms with van der Waals surface area (Å²) < 4.78 is 38.9. The molecule has 1 aromatic carbocycles. The number of nitrogens with one attached hydrogen (secondary N) is 2. The van der Waals surface area contributed by atoms with Gasteiger partial charge in [0.1, 0.15) is 0 Å². The molecule has 2 atom stereocenters. The van der Waals surface area contributed by atoms with Crippen LogP contribution in [0.2, 0.25) is 0 Å². The molecule has 11 heteroatoms. The van der Waals surface area contributed by atoms with Gasteiger partial charge in [0.15, 0.2) is 0 Å². The van der Waals surface area contributed by atoms with Crippen molar-refractivity contribution in [3.8, 4) is 0 Å². The lowest BCUT2D eigenvalue weighted by atomic mass is 10.1. The Kier molecular flexibility index (Phi) is 5.51. The van der Waals surface area contributed by atoms with Gasteiger partial charge in [0.25, 0.3) is 0 Å². The van der Waals surface area contributed by atoms with Crippen molar-refractivity contribution < 1.29 is 18.0 Å². The van der Waals surface area contributed by atoms with Crippen LogP contribution in [0.3, 0.4) is 0 Å². The first-order chi connectivity index (χ1) is 14.9. The molecule has 7 nitrogen and oxygen atoms in total. The summed E-state index contributed by atoms with van der Waals surface area (Å²) in [5.74, 6) is 2.63. The minimum Gasteiger partial charge on any atom is -0.340 e. The minimum atomic E-state index is -4.37. The zero-order chi connectivity index (χ0) is 21.6. The van der Waals surface area contributed by atoms with Crippen molar-refractivity contribution in [3.63, 3.8) is 0 Å². The summed E-state index contributed by atoms with van der Waals surface area (Å²) in [6.07, 6.45) is -3.54. The molecule has 1 aromatic heterocycles. The highest BCUT2D eigenvalue weighted by atomic mass is 32.2. The number of hydrogen-bond donors (Lipinski definition) is 2. The molecule has 3 saturated heterocycles. The molecule has 0 radical (unpaired) electrons. The predicted molar refractivity (Wildman–Crippen MR) is 114 cm³/mol. The van der Waals surface area contributed by atoms with Crippen LogP contribution in [-0.2, 0) is 11.0 Å². The number of hydrogen-bond acceptors (Lipinski definition) is 6. The number of carbonyl (C=O) groups is 1. The highest BCUT2D eigenvalue weighted by Crippen LogP contribution is 2.31. The van der Waals surface area contributed by atoms with Crippen LogP contribution in [0, 0.1) is 0 Å². The van der Waals surface area contributed by atoms with Crippen LogP contribution >= 0.6 is 11.8 Å². The van der Waals surface area contributed by atoms with Gasteiger partial charge in [-0.1, -0.05) is 0 Å². The van der Waals surface area contributed by atoms with E-state index in [0.717, 1.165) is 69.5 Å². The zero-order valence-corrected chi connectivity index (χ0v) is 17.8. The van der Waals surface area contributed by atoms with Crippen molar-refractivity contribution in [1.29, 1.82) is 0 Å². The number of nitrogens with zero attached hydrogens (tertiary/aromatic N) is 4. The number of H-pyrrole nitrogens is 1. The zero-order valence-electron chi connectivity index (χ0n) is 17.0. The van der Waals surface area contributed by atoms with Crippen LogP contribution in [0.15, 0.2) is 18.2 Å². The third-order valence-electron chi connectivity index (χ3n) is 6.40. The molecule has 5 rings (SSSR count). The monoisotopic (exact) mass is 454 g/mol. The van der Waals surface area contributed by atoms with E-state index in [2.05, 4.69) is 25.1 Å². The second-order valence-electron chi connectivity index (χ2n) is 8.30. The van der Waals surface area contributed by atoms with Gasteiger partial charge in [-0.3, -0.25) is 9.69 Å². The lowest BCUT2D eigenvalue weighted by Crippen LogP contribution is -2.51. The average Bonchev–Trinajstić information content (AvgIpc) is 3.52. The van der Waals surface area contributed by atoms with Crippen molar-refractivity contribution in [2.75, 3.05) is 55.8 Å². The van der Waals surface area contributed by atoms with Crippen LogP contribution in [0.4, 0.5) is 19.1 Å². The van der Waals surface area contributed by atoms with Crippen molar-refractivity contribution in [1.82, 2.24) is 25.1 Å². The Balaban J connectivity index is 1.18. The number of aromatic nitrogens is 2. The van der Waals surface area contributed by atoms with Gasteiger partial charge >= 0.3 is 6.18 Å². The molecule has 1 amide bonds. The van der Waals surface area contributed by atoms with Gasteiger partial charge in [-0.25, -0.2) is 4.98 Å².